The van der Waals surface area contributed by atoms with Crippen molar-refractivity contribution in [2.75, 3.05) is 19.6 Å². The van der Waals surface area contributed by atoms with Crippen molar-refractivity contribution >= 4 is 0 Å². The average Bonchev–Trinajstić information content (AvgIpc) is 1.88. The summed E-state index contributed by atoms with van der Waals surface area (Å²) >= 11 is 0. The van der Waals surface area contributed by atoms with Gasteiger partial charge in [0.15, 0.2) is 0 Å². The van der Waals surface area contributed by atoms with Crippen molar-refractivity contribution in [3.63, 3.8) is 0 Å². The van der Waals surface area contributed by atoms with Gasteiger partial charge in [0.25, 0.3) is 0 Å². The van der Waals surface area contributed by atoms with Crippen molar-refractivity contribution in [1.29, 1.82) is 0 Å². The lowest BCUT2D eigenvalue weighted by molar-refractivity contribution is 0.107. The zero-order valence-corrected chi connectivity index (χ0v) is 8.30. The Balaban J connectivity index is 0.000000461. The van der Waals surface area contributed by atoms with Crippen LogP contribution in [0.25, 0.3) is 0 Å². The normalized spacial score (nSPS) is 21.5. The van der Waals surface area contributed by atoms with Gasteiger partial charge in [0.2, 0.25) is 0 Å². The summed E-state index contributed by atoms with van der Waals surface area (Å²) in [6.07, 6.45) is 0. The lowest BCUT2D eigenvalue weighted by atomic mass is 10.0. The van der Waals surface area contributed by atoms with Gasteiger partial charge >= 0.3 is 0 Å². The molecule has 0 radical (unpaired) electrons. The first-order valence-electron chi connectivity index (χ1n) is 4.66. The van der Waals surface area contributed by atoms with Crippen molar-refractivity contribution in [2.45, 2.75) is 33.7 Å². The number of hydrogen-bond acceptors (Lipinski definition) is 2. The van der Waals surface area contributed by atoms with E-state index >= 15 is 0 Å². The standard InChI is InChI=1S/C7H16N2.C2H6/c1-6-3-9(4-6)5-7(2)8;1-2/h6-7H,3-5,8H2,1-2H3;1-2H3. The number of rotatable bonds is 2. The molecule has 11 heavy (non-hydrogen) atoms. The summed E-state index contributed by atoms with van der Waals surface area (Å²) in [5, 5.41) is 0. The first-order chi connectivity index (χ1) is 5.18. The Hall–Kier alpha value is -0.0800. The van der Waals surface area contributed by atoms with Crippen molar-refractivity contribution in [3.8, 4) is 0 Å². The maximum Gasteiger partial charge on any atom is 0.0139 e. The summed E-state index contributed by atoms with van der Waals surface area (Å²) < 4.78 is 0. The van der Waals surface area contributed by atoms with Gasteiger partial charge in [0.05, 0.1) is 0 Å². The average molecular weight is 158 g/mol. The van der Waals surface area contributed by atoms with Crippen LogP contribution in [0.4, 0.5) is 0 Å². The molecule has 0 spiro atoms. The fourth-order valence-electron chi connectivity index (χ4n) is 1.38. The molecule has 1 unspecified atom stereocenters. The monoisotopic (exact) mass is 158 g/mol. The van der Waals surface area contributed by atoms with Crippen LogP contribution in [0.2, 0.25) is 0 Å². The second-order valence-corrected chi connectivity index (χ2v) is 3.30. The Kier molecular flexibility index (Phi) is 5.51. The van der Waals surface area contributed by atoms with Gasteiger partial charge in [0.1, 0.15) is 0 Å². The summed E-state index contributed by atoms with van der Waals surface area (Å²) in [7, 11) is 0. The molecule has 1 rings (SSSR count). The Morgan fingerprint density at radius 1 is 1.45 bits per heavy atom. The van der Waals surface area contributed by atoms with E-state index in [1.807, 2.05) is 13.8 Å². The van der Waals surface area contributed by atoms with Crippen LogP contribution in [0.15, 0.2) is 0 Å². The molecule has 2 heteroatoms. The minimum Gasteiger partial charge on any atom is -0.327 e. The van der Waals surface area contributed by atoms with Gasteiger partial charge in [-0.25, -0.2) is 0 Å². The Labute approximate surface area is 70.8 Å². The van der Waals surface area contributed by atoms with Crippen LogP contribution in [-0.4, -0.2) is 30.6 Å². The van der Waals surface area contributed by atoms with Crippen molar-refractivity contribution in [1.82, 2.24) is 4.90 Å². The van der Waals surface area contributed by atoms with Crippen molar-refractivity contribution in [2.24, 2.45) is 11.7 Å². The van der Waals surface area contributed by atoms with Crippen LogP contribution in [0.1, 0.15) is 27.7 Å². The van der Waals surface area contributed by atoms with Crippen molar-refractivity contribution in [3.05, 3.63) is 0 Å². The highest BCUT2D eigenvalue weighted by Gasteiger charge is 2.22. The number of nitrogens with two attached hydrogens (primary N) is 1. The topological polar surface area (TPSA) is 29.3 Å². The summed E-state index contributed by atoms with van der Waals surface area (Å²) in [5.41, 5.74) is 5.61. The van der Waals surface area contributed by atoms with E-state index in [0.717, 1.165) is 12.5 Å². The summed E-state index contributed by atoms with van der Waals surface area (Å²) in [5.74, 6) is 0.906. The van der Waals surface area contributed by atoms with Crippen LogP contribution in [0, 0.1) is 5.92 Å². The highest BCUT2D eigenvalue weighted by Crippen LogP contribution is 2.13. The van der Waals surface area contributed by atoms with Gasteiger partial charge in [-0.3, -0.25) is 0 Å². The molecule has 0 bridgehead atoms. The van der Waals surface area contributed by atoms with Crippen LogP contribution in [-0.2, 0) is 0 Å². The van der Waals surface area contributed by atoms with E-state index in [4.69, 9.17) is 5.73 Å². The highest BCUT2D eigenvalue weighted by molar-refractivity contribution is 4.77. The molecule has 1 saturated heterocycles. The van der Waals surface area contributed by atoms with Crippen LogP contribution in [0.3, 0.4) is 0 Å². The van der Waals surface area contributed by atoms with Gasteiger partial charge in [-0.1, -0.05) is 20.8 Å². The Morgan fingerprint density at radius 2 is 1.91 bits per heavy atom. The van der Waals surface area contributed by atoms with E-state index in [0.29, 0.717) is 6.04 Å². The van der Waals surface area contributed by atoms with Gasteiger partial charge in [-0.15, -0.1) is 0 Å². The van der Waals surface area contributed by atoms with E-state index in [1.165, 1.54) is 13.1 Å². The SMILES string of the molecule is CC.CC(N)CN1CC(C)C1. The molecule has 1 heterocycles. The predicted molar refractivity (Wildman–Crippen MR) is 50.6 cm³/mol. The molecule has 1 aliphatic heterocycles. The maximum atomic E-state index is 5.61. The third kappa shape index (κ3) is 4.38. The molecule has 0 saturated carbocycles. The minimum absolute atomic E-state index is 0.345. The summed E-state index contributed by atoms with van der Waals surface area (Å²) in [4.78, 5) is 2.40. The molecule has 0 aliphatic carbocycles. The largest absolute Gasteiger partial charge is 0.327 e. The maximum absolute atomic E-state index is 5.61. The molecule has 0 aromatic rings. The van der Waals surface area contributed by atoms with Crippen molar-refractivity contribution < 1.29 is 0 Å². The van der Waals surface area contributed by atoms with E-state index in [2.05, 4.69) is 18.7 Å². The molecule has 1 aliphatic rings. The van der Waals surface area contributed by atoms with Gasteiger partial charge < -0.3 is 10.6 Å². The van der Waals surface area contributed by atoms with E-state index in [1.54, 1.807) is 0 Å². The minimum atomic E-state index is 0.345. The number of nitrogens with zero attached hydrogens (tertiary/aromatic N) is 1. The number of likely N-dealkylation sites (tertiary alicyclic amines) is 1. The third-order valence-electron chi connectivity index (χ3n) is 1.69. The highest BCUT2D eigenvalue weighted by atomic mass is 15.2. The Morgan fingerprint density at radius 3 is 2.18 bits per heavy atom. The molecule has 0 aromatic heterocycles. The molecular formula is C9H22N2. The zero-order chi connectivity index (χ0) is 8.85. The Bertz CT molecular complexity index is 85.6. The molecule has 0 amide bonds. The third-order valence-corrected chi connectivity index (χ3v) is 1.69. The van der Waals surface area contributed by atoms with Gasteiger partial charge in [-0.05, 0) is 12.8 Å². The first-order valence-corrected chi connectivity index (χ1v) is 4.66. The summed E-state index contributed by atoms with van der Waals surface area (Å²) in [6.45, 7) is 11.9. The zero-order valence-electron chi connectivity index (χ0n) is 8.30. The van der Waals surface area contributed by atoms with Gasteiger partial charge in [-0.2, -0.15) is 0 Å². The molecule has 2 nitrogen and oxygen atoms in total. The van der Waals surface area contributed by atoms with E-state index in [-0.39, 0.29) is 0 Å². The fraction of sp³-hybridized carbons (Fsp3) is 1.00. The lowest BCUT2D eigenvalue weighted by Gasteiger charge is -2.38. The number of hydrogen-bond donors (Lipinski definition) is 1. The predicted octanol–water partition coefficient (Wildman–Crippen LogP) is 1.31. The van der Waals surface area contributed by atoms with E-state index in [9.17, 15) is 0 Å². The van der Waals surface area contributed by atoms with Crippen LogP contribution in [0.5, 0.6) is 0 Å². The molecular weight excluding hydrogens is 136 g/mol. The smallest absolute Gasteiger partial charge is 0.0139 e. The second-order valence-electron chi connectivity index (χ2n) is 3.30. The van der Waals surface area contributed by atoms with Crippen LogP contribution < -0.4 is 5.73 Å². The molecule has 68 valence electrons. The lowest BCUT2D eigenvalue weighted by Crippen LogP contribution is -2.49. The molecule has 1 fully saturated rings. The quantitative estimate of drug-likeness (QED) is 0.656. The fourth-order valence-corrected chi connectivity index (χ4v) is 1.38. The first kappa shape index (κ1) is 10.9. The second kappa shape index (κ2) is 5.56. The van der Waals surface area contributed by atoms with Gasteiger partial charge in [0, 0.05) is 25.7 Å². The molecule has 2 N–H and O–H groups in total. The van der Waals surface area contributed by atoms with E-state index < -0.39 is 0 Å². The summed E-state index contributed by atoms with van der Waals surface area (Å²) in [6, 6.07) is 0.345. The molecule has 0 aromatic carbocycles. The van der Waals surface area contributed by atoms with Crippen LogP contribution >= 0.6 is 0 Å². The molecule has 1 atom stereocenters.